The van der Waals surface area contributed by atoms with Gasteiger partial charge in [0.15, 0.2) is 34.2 Å². The quantitative estimate of drug-likeness (QED) is 0.0386. The first-order valence-electron chi connectivity index (χ1n) is 46.9. The lowest BCUT2D eigenvalue weighted by Crippen LogP contribution is -2.51. The summed E-state index contributed by atoms with van der Waals surface area (Å²) in [6.07, 6.45) is 7.48. The number of nitrogens with zero attached hydrogens (tertiary/aromatic N) is 16. The Balaban J connectivity index is 0.392. The molecule has 4 aromatic carbocycles. The van der Waals surface area contributed by atoms with Crippen molar-refractivity contribution < 1.29 is 63.3 Å². The maximum Gasteiger partial charge on any atom is 0.343 e. The molecule has 0 spiro atoms. The van der Waals surface area contributed by atoms with E-state index in [0.29, 0.717) is 201 Å². The second kappa shape index (κ2) is 36.5. The summed E-state index contributed by atoms with van der Waals surface area (Å²) in [5, 5.41) is 92.5. The fourth-order valence-corrected chi connectivity index (χ4v) is 22.1. The molecule has 33 nitrogen and oxygen atoms in total. The van der Waals surface area contributed by atoms with Crippen molar-refractivity contribution in [1.29, 1.82) is 10.5 Å². The average Bonchev–Trinajstić information content (AvgIpc) is 1.70. The van der Waals surface area contributed by atoms with Crippen LogP contribution in [-0.4, -0.2) is 219 Å². The van der Waals surface area contributed by atoms with Crippen LogP contribution in [0.4, 0.5) is 11.6 Å². The molecule has 10 aliphatic rings. The van der Waals surface area contributed by atoms with Crippen molar-refractivity contribution in [2.24, 2.45) is 11.8 Å². The van der Waals surface area contributed by atoms with E-state index in [1.54, 1.807) is 104 Å². The number of nitrogens with one attached hydrogen (secondary N) is 2. The lowest BCUT2D eigenvalue weighted by molar-refractivity contribution is -0.172. The molecule has 2 aliphatic carbocycles. The van der Waals surface area contributed by atoms with Crippen LogP contribution in [0.1, 0.15) is 191 Å². The second-order valence-electron chi connectivity index (χ2n) is 37.7. The molecule has 0 unspecified atom stereocenters. The number of phenolic OH excluding ortho intramolecular Hbond substituents is 2. The standard InChI is InChI=1S/C100H104Cl2N18O15/c1-5-99(130)74-43-80-89-59(48-119(80)95(126)72(74)52-132-97(99)128)40-66-70(82(121)19-15-76(66)107-89)50-114-33-31-113(32-34-114)47-56-23-27-116(28-24-56)85-21-17-78(109-111-85)92(123)105-61-7-11-63(12-8-61)134-84-42-65(69(46-104)88(102)54(84)3)68-39-58(45-103)87(101)55(4)91(68)135-64-13-9-62(10-14-64)106-93(124)79-18-22-86(112-110-79)117-29-25-57(26-30-117)94(125)118-37-35-115(36-38-118)51-71-67-41-60-49-120-81(90(60)108-77(67)16-20-83(71)122)44-75-73(96(120)127)53-133-98(129)100(75,131)6-2/h15-22,39-44,56-57,61-64,121-122,130-131H,5-14,23-38,47-53H2,1-4H3,(H,105,123)(H,106,124)/t61?,62?,63?,64?,99-,100-/m0/s1. The van der Waals surface area contributed by atoms with Gasteiger partial charge in [-0.05, 0) is 195 Å². The first-order chi connectivity index (χ1) is 65.2. The maximum absolute atomic E-state index is 14.1. The van der Waals surface area contributed by atoms with Gasteiger partial charge in [-0.15, -0.1) is 20.4 Å². The minimum atomic E-state index is -1.94. The van der Waals surface area contributed by atoms with Crippen molar-refractivity contribution in [3.63, 3.8) is 0 Å². The lowest BCUT2D eigenvalue weighted by atomic mass is 9.86. The summed E-state index contributed by atoms with van der Waals surface area (Å²) in [5.74, 6) is 0.727. The number of ether oxygens (including phenoxy) is 4. The van der Waals surface area contributed by atoms with Gasteiger partial charge >= 0.3 is 11.9 Å². The molecule has 0 radical (unpaired) electrons. The summed E-state index contributed by atoms with van der Waals surface area (Å²) in [4.78, 5) is 118. The van der Waals surface area contributed by atoms with E-state index in [1.807, 2.05) is 23.1 Å². The van der Waals surface area contributed by atoms with Gasteiger partial charge in [0, 0.05) is 183 Å². The van der Waals surface area contributed by atoms with Crippen LogP contribution >= 0.6 is 23.2 Å². The number of anilines is 2. The molecule has 135 heavy (non-hydrogen) atoms. The number of aromatic hydroxyl groups is 2. The van der Waals surface area contributed by atoms with Crippen LogP contribution < -0.4 is 41.0 Å². The SMILES string of the molecule is CC[C@@]1(O)C(=O)OCc2c1cc1n(c2=O)Cc2cc3c(CN4CCN(CC5CCN(c6ccc(C(=O)NC7CCC(Oc8cc(-c9cc(C#N)c(Cl)c(C)c9OC9CCC(NC(=O)c%10ccc(N%11CCC(C(=O)N%12CCN(Cc%13c(O)ccc%14nc%15c(cc%13%14)Cn%13c-%15cc%14c(c%13=O)COC(=O)[C@]%14(O)CC)CC%12)CC%11)nn%10)CC9)c(C#N)c(Cl)c8C)CC7)nn6)CC5)CC4)c(O)ccc3nc2-1. The molecule has 6 N–H and O–H groups in total. The van der Waals surface area contributed by atoms with Gasteiger partial charge in [-0.25, -0.2) is 19.6 Å². The van der Waals surface area contributed by atoms with Crippen molar-refractivity contribution in [3.05, 3.63) is 194 Å². The molecule has 4 saturated heterocycles. The van der Waals surface area contributed by atoms with Crippen molar-refractivity contribution >= 4 is 86.3 Å². The van der Waals surface area contributed by atoms with Gasteiger partial charge in [0.05, 0.1) is 91.4 Å². The topological polar surface area (TPSA) is 416 Å². The number of carbonyl (C=O) groups is 5. The van der Waals surface area contributed by atoms with Gasteiger partial charge in [-0.1, -0.05) is 37.0 Å². The largest absolute Gasteiger partial charge is 0.508 e. The minimum Gasteiger partial charge on any atom is -0.508 e. The molecule has 3 amide bonds. The Bertz CT molecular complexity index is 6710. The maximum atomic E-state index is 14.1. The van der Waals surface area contributed by atoms with E-state index in [2.05, 4.69) is 67.7 Å². The van der Waals surface area contributed by atoms with Crippen LogP contribution in [0.3, 0.4) is 0 Å². The third kappa shape index (κ3) is 16.7. The lowest BCUT2D eigenvalue weighted by Gasteiger charge is -2.39. The Labute approximate surface area is 787 Å². The molecule has 20 rings (SSSR count). The van der Waals surface area contributed by atoms with Gasteiger partial charge in [-0.3, -0.25) is 33.8 Å². The molecule has 698 valence electrons. The van der Waals surface area contributed by atoms with Crippen LogP contribution in [0.15, 0.2) is 94.5 Å². The first-order valence-corrected chi connectivity index (χ1v) is 47.7. The highest BCUT2D eigenvalue weighted by molar-refractivity contribution is 6.34. The highest BCUT2D eigenvalue weighted by Crippen LogP contribution is 2.49. The molecule has 2 atom stereocenters. The number of hydrogen-bond acceptors (Lipinski definition) is 28. The molecule has 6 aromatic heterocycles. The van der Waals surface area contributed by atoms with Crippen LogP contribution in [0.5, 0.6) is 23.0 Å². The molecule has 35 heteroatoms. The van der Waals surface area contributed by atoms with Gasteiger partial charge < -0.3 is 78.7 Å². The van der Waals surface area contributed by atoms with E-state index in [-0.39, 0.29) is 165 Å². The Morgan fingerprint density at radius 1 is 0.533 bits per heavy atom. The molecular formula is C100H104Cl2N18O15. The third-order valence-corrected chi connectivity index (χ3v) is 30.8. The van der Waals surface area contributed by atoms with E-state index in [0.717, 1.165) is 91.9 Å². The van der Waals surface area contributed by atoms with E-state index >= 15 is 0 Å². The van der Waals surface area contributed by atoms with E-state index in [1.165, 1.54) is 0 Å². The number of carbonyl (C=O) groups excluding carboxylic acids is 5. The number of piperidine rings is 2. The summed E-state index contributed by atoms with van der Waals surface area (Å²) in [5.41, 5.74) is 5.83. The zero-order chi connectivity index (χ0) is 93.7. The van der Waals surface area contributed by atoms with Crippen LogP contribution in [0.2, 0.25) is 10.0 Å². The predicted octanol–water partition coefficient (Wildman–Crippen LogP) is 10.6. The number of fused-ring (bicyclic) bond motifs is 10. The Morgan fingerprint density at radius 3 is 1.47 bits per heavy atom. The second-order valence-corrected chi connectivity index (χ2v) is 38.5. The summed E-state index contributed by atoms with van der Waals surface area (Å²) in [6, 6.07) is 28.8. The van der Waals surface area contributed by atoms with Gasteiger partial charge in [0.25, 0.3) is 22.9 Å². The molecule has 2 saturated carbocycles. The number of aliphatic hydroxyl groups is 2. The van der Waals surface area contributed by atoms with Crippen LogP contribution in [0, 0.1) is 48.3 Å². The smallest absolute Gasteiger partial charge is 0.343 e. The van der Waals surface area contributed by atoms with Crippen molar-refractivity contribution in [2.75, 3.05) is 94.9 Å². The predicted molar refractivity (Wildman–Crippen MR) is 499 cm³/mol. The Hall–Kier alpha value is -12.7. The molecule has 10 aromatic rings. The van der Waals surface area contributed by atoms with Gasteiger partial charge in [0.1, 0.15) is 48.4 Å². The zero-order valence-electron chi connectivity index (χ0n) is 75.6. The third-order valence-electron chi connectivity index (χ3n) is 29.9. The Morgan fingerprint density at radius 2 is 1.01 bits per heavy atom. The minimum absolute atomic E-state index is 0.0380. The summed E-state index contributed by atoms with van der Waals surface area (Å²) in [6.45, 7) is 17.3. The number of hydrogen-bond donors (Lipinski definition) is 6. The number of aromatic nitrogens is 8. The summed E-state index contributed by atoms with van der Waals surface area (Å²) < 4.78 is 27.4. The van der Waals surface area contributed by atoms with E-state index in [4.69, 9.17) is 52.1 Å². The number of pyridine rings is 4. The Kier molecular flexibility index (Phi) is 24.4. The fraction of sp³-hybridized carbons (Fsp3) is 0.450. The first kappa shape index (κ1) is 90.1. The molecular weight excluding hydrogens is 1760 g/mol. The summed E-state index contributed by atoms with van der Waals surface area (Å²) >= 11 is 14.0. The van der Waals surface area contributed by atoms with Crippen molar-refractivity contribution in [1.82, 2.24) is 69.7 Å². The van der Waals surface area contributed by atoms with Crippen molar-refractivity contribution in [3.8, 4) is 69.0 Å². The number of cyclic esters (lactones) is 2. The number of phenols is 2. The normalized spacial score (nSPS) is 22.0. The summed E-state index contributed by atoms with van der Waals surface area (Å²) in [7, 11) is 0. The van der Waals surface area contributed by atoms with Crippen molar-refractivity contribution in [2.45, 2.75) is 192 Å². The number of nitriles is 2. The number of amides is 3. The monoisotopic (exact) mass is 1870 g/mol. The van der Waals surface area contributed by atoms with Gasteiger partial charge in [0.2, 0.25) is 5.91 Å². The van der Waals surface area contributed by atoms with E-state index < -0.39 is 23.1 Å². The highest BCUT2D eigenvalue weighted by atomic mass is 35.5. The van der Waals surface area contributed by atoms with Gasteiger partial charge in [-0.2, -0.15) is 10.5 Å². The van der Waals surface area contributed by atoms with Crippen LogP contribution in [0.25, 0.3) is 55.7 Å². The number of halogens is 2. The fourth-order valence-electron chi connectivity index (χ4n) is 21.7. The number of rotatable bonds is 20. The highest BCUT2D eigenvalue weighted by Gasteiger charge is 2.48. The van der Waals surface area contributed by atoms with Crippen LogP contribution in [-0.2, 0) is 74.5 Å². The zero-order valence-corrected chi connectivity index (χ0v) is 77.1. The molecule has 14 heterocycles. The molecule has 6 fully saturated rings. The molecule has 8 aliphatic heterocycles. The van der Waals surface area contributed by atoms with E-state index in [9.17, 15) is 64.5 Å². The number of piperazine rings is 2. The molecule has 0 bridgehead atoms. The average molecular weight is 1870 g/mol. The number of esters is 2. The number of benzene rings is 4.